The highest BCUT2D eigenvalue weighted by atomic mass is 19.2. The van der Waals surface area contributed by atoms with E-state index >= 15 is 0 Å². The van der Waals surface area contributed by atoms with Gasteiger partial charge in [0.15, 0.2) is 11.6 Å². The Hall–Kier alpha value is -1.00. The minimum absolute atomic E-state index is 0.180. The summed E-state index contributed by atoms with van der Waals surface area (Å²) in [5.74, 6) is -0.865. The Morgan fingerprint density at radius 3 is 2.74 bits per heavy atom. The molecular weight excluding hydrogens is 248 g/mol. The maximum Gasteiger partial charge on any atom is 0.162 e. The van der Waals surface area contributed by atoms with Gasteiger partial charge in [-0.15, -0.1) is 0 Å². The van der Waals surface area contributed by atoms with Gasteiger partial charge < -0.3 is 10.1 Å². The van der Waals surface area contributed by atoms with Crippen LogP contribution < -0.4 is 5.32 Å². The highest BCUT2D eigenvalue weighted by molar-refractivity contribution is 5.20. The van der Waals surface area contributed by atoms with Crippen molar-refractivity contribution in [3.05, 3.63) is 35.4 Å². The van der Waals surface area contributed by atoms with Gasteiger partial charge in [0, 0.05) is 19.3 Å². The van der Waals surface area contributed by atoms with Crippen molar-refractivity contribution in [3.8, 4) is 0 Å². The van der Waals surface area contributed by atoms with E-state index < -0.39 is 11.6 Å². The van der Waals surface area contributed by atoms with Crippen molar-refractivity contribution in [2.75, 3.05) is 20.3 Å². The van der Waals surface area contributed by atoms with Crippen molar-refractivity contribution in [3.63, 3.8) is 0 Å². The molecule has 0 saturated carbocycles. The molecule has 1 aromatic rings. The highest BCUT2D eigenvalue weighted by Crippen LogP contribution is 2.22. The summed E-state index contributed by atoms with van der Waals surface area (Å²) in [4.78, 5) is 0. The lowest BCUT2D eigenvalue weighted by Crippen LogP contribution is -2.32. The summed E-state index contributed by atoms with van der Waals surface area (Å²) in [7, 11) is 1.88. The molecule has 19 heavy (non-hydrogen) atoms. The molecule has 1 fully saturated rings. The van der Waals surface area contributed by atoms with Gasteiger partial charge in [0.05, 0.1) is 0 Å². The molecule has 1 aliphatic rings. The molecule has 0 radical (unpaired) electrons. The fraction of sp³-hybridized carbons (Fsp3) is 0.600. The normalized spacial score (nSPS) is 18.5. The van der Waals surface area contributed by atoms with Crippen LogP contribution in [0.1, 0.15) is 24.8 Å². The third-order valence-electron chi connectivity index (χ3n) is 3.86. The van der Waals surface area contributed by atoms with E-state index in [2.05, 4.69) is 5.32 Å². The van der Waals surface area contributed by atoms with Crippen molar-refractivity contribution in [2.24, 2.45) is 5.92 Å². The van der Waals surface area contributed by atoms with Gasteiger partial charge in [-0.3, -0.25) is 0 Å². The molecule has 1 aromatic carbocycles. The lowest BCUT2D eigenvalue weighted by atomic mass is 9.90. The Bertz CT molecular complexity index is 405. The number of hydrogen-bond acceptors (Lipinski definition) is 2. The second-order valence-corrected chi connectivity index (χ2v) is 5.19. The Morgan fingerprint density at radius 2 is 2.05 bits per heavy atom. The van der Waals surface area contributed by atoms with Crippen LogP contribution in [0.2, 0.25) is 0 Å². The van der Waals surface area contributed by atoms with Gasteiger partial charge in [-0.1, -0.05) is 12.1 Å². The zero-order valence-electron chi connectivity index (χ0n) is 11.3. The van der Waals surface area contributed by atoms with Crippen molar-refractivity contribution < 1.29 is 13.5 Å². The first kappa shape index (κ1) is 14.4. The Morgan fingerprint density at radius 1 is 1.32 bits per heavy atom. The lowest BCUT2D eigenvalue weighted by Gasteiger charge is -2.26. The van der Waals surface area contributed by atoms with Gasteiger partial charge in [-0.05, 0) is 50.3 Å². The van der Waals surface area contributed by atoms with E-state index in [9.17, 15) is 8.78 Å². The molecule has 1 unspecified atom stereocenters. The van der Waals surface area contributed by atoms with Gasteiger partial charge in [0.25, 0.3) is 0 Å². The topological polar surface area (TPSA) is 21.3 Å². The first-order valence-electron chi connectivity index (χ1n) is 6.88. The maximum atomic E-state index is 13.7. The number of benzene rings is 1. The molecule has 0 bridgehead atoms. The number of hydrogen-bond donors (Lipinski definition) is 1. The van der Waals surface area contributed by atoms with Crippen LogP contribution in [0.25, 0.3) is 0 Å². The van der Waals surface area contributed by atoms with Crippen LogP contribution in [0.4, 0.5) is 8.78 Å². The van der Waals surface area contributed by atoms with Gasteiger partial charge in [-0.2, -0.15) is 0 Å². The molecule has 1 aliphatic heterocycles. The number of ether oxygens (including phenoxy) is 1. The molecule has 1 heterocycles. The second kappa shape index (κ2) is 6.96. The molecule has 0 aromatic heterocycles. The summed E-state index contributed by atoms with van der Waals surface area (Å²) in [5.41, 5.74) is 0.450. The fourth-order valence-corrected chi connectivity index (χ4v) is 2.66. The maximum absolute atomic E-state index is 13.7. The summed E-state index contributed by atoms with van der Waals surface area (Å²) in [5, 5.41) is 3.21. The van der Waals surface area contributed by atoms with Crippen LogP contribution in [0.5, 0.6) is 0 Å². The van der Waals surface area contributed by atoms with E-state index in [0.717, 1.165) is 38.5 Å². The first-order chi connectivity index (χ1) is 9.20. The fourth-order valence-electron chi connectivity index (χ4n) is 2.66. The van der Waals surface area contributed by atoms with E-state index in [0.29, 0.717) is 17.9 Å². The van der Waals surface area contributed by atoms with Crippen LogP contribution >= 0.6 is 0 Å². The molecule has 1 saturated heterocycles. The molecule has 2 rings (SSSR count). The summed E-state index contributed by atoms with van der Waals surface area (Å²) in [6, 6.07) is 4.56. The largest absolute Gasteiger partial charge is 0.381 e. The third-order valence-corrected chi connectivity index (χ3v) is 3.86. The number of nitrogens with one attached hydrogen (secondary N) is 1. The van der Waals surface area contributed by atoms with Gasteiger partial charge in [0.2, 0.25) is 0 Å². The lowest BCUT2D eigenvalue weighted by molar-refractivity contribution is 0.0608. The summed E-state index contributed by atoms with van der Waals surface area (Å²) >= 11 is 0. The third kappa shape index (κ3) is 3.98. The Balaban J connectivity index is 1.96. The van der Waals surface area contributed by atoms with Crippen molar-refractivity contribution in [1.82, 2.24) is 5.32 Å². The molecule has 1 atom stereocenters. The standard InChI is InChI=1S/C15H21F2NO/c1-18-13(9-11-5-7-19-8-6-11)10-12-3-2-4-14(16)15(12)17/h2-4,11,13,18H,5-10H2,1H3. The summed E-state index contributed by atoms with van der Waals surface area (Å²) in [6.07, 6.45) is 3.63. The zero-order valence-corrected chi connectivity index (χ0v) is 11.3. The SMILES string of the molecule is CNC(Cc1cccc(F)c1F)CC1CCOCC1. The molecular formula is C15H21F2NO. The quantitative estimate of drug-likeness (QED) is 0.887. The van der Waals surface area contributed by atoms with Crippen LogP contribution in [0.3, 0.4) is 0 Å². The van der Waals surface area contributed by atoms with Gasteiger partial charge in [-0.25, -0.2) is 8.78 Å². The summed E-state index contributed by atoms with van der Waals surface area (Å²) in [6.45, 7) is 1.63. The number of rotatable bonds is 5. The van der Waals surface area contributed by atoms with Crippen molar-refractivity contribution >= 4 is 0 Å². The minimum atomic E-state index is -0.765. The molecule has 2 nitrogen and oxygen atoms in total. The predicted octanol–water partition coefficient (Wildman–Crippen LogP) is 2.91. The van der Waals surface area contributed by atoms with Crippen LogP contribution in [0.15, 0.2) is 18.2 Å². The van der Waals surface area contributed by atoms with E-state index in [4.69, 9.17) is 4.74 Å². The monoisotopic (exact) mass is 269 g/mol. The van der Waals surface area contributed by atoms with Crippen LogP contribution in [-0.2, 0) is 11.2 Å². The number of halogens is 2. The van der Waals surface area contributed by atoms with E-state index in [1.165, 1.54) is 0 Å². The van der Waals surface area contributed by atoms with E-state index in [-0.39, 0.29) is 6.04 Å². The number of likely N-dealkylation sites (N-methyl/N-ethyl adjacent to an activating group) is 1. The van der Waals surface area contributed by atoms with Crippen molar-refractivity contribution in [2.45, 2.75) is 31.7 Å². The van der Waals surface area contributed by atoms with E-state index in [1.54, 1.807) is 12.1 Å². The van der Waals surface area contributed by atoms with Gasteiger partial charge in [0.1, 0.15) is 0 Å². The Kier molecular flexibility index (Phi) is 5.28. The molecule has 4 heteroatoms. The smallest absolute Gasteiger partial charge is 0.162 e. The van der Waals surface area contributed by atoms with Gasteiger partial charge >= 0.3 is 0 Å². The van der Waals surface area contributed by atoms with E-state index in [1.807, 2.05) is 7.05 Å². The molecule has 0 amide bonds. The molecule has 0 spiro atoms. The molecule has 0 aliphatic carbocycles. The molecule has 106 valence electrons. The Labute approximate surface area is 113 Å². The average molecular weight is 269 g/mol. The second-order valence-electron chi connectivity index (χ2n) is 5.19. The van der Waals surface area contributed by atoms with Crippen molar-refractivity contribution in [1.29, 1.82) is 0 Å². The van der Waals surface area contributed by atoms with Crippen LogP contribution in [0, 0.1) is 17.6 Å². The minimum Gasteiger partial charge on any atom is -0.381 e. The average Bonchev–Trinajstić information content (AvgIpc) is 2.44. The zero-order chi connectivity index (χ0) is 13.7. The highest BCUT2D eigenvalue weighted by Gasteiger charge is 2.20. The predicted molar refractivity (Wildman–Crippen MR) is 71.1 cm³/mol. The molecule has 1 N–H and O–H groups in total. The first-order valence-corrected chi connectivity index (χ1v) is 6.88. The summed E-state index contributed by atoms with van der Waals surface area (Å²) < 4.78 is 32.2. The van der Waals surface area contributed by atoms with Crippen LogP contribution in [-0.4, -0.2) is 26.3 Å².